The highest BCUT2D eigenvalue weighted by atomic mass is 35.5. The quantitative estimate of drug-likeness (QED) is 0.783. The van der Waals surface area contributed by atoms with Gasteiger partial charge in [-0.3, -0.25) is 4.79 Å². The fourth-order valence-corrected chi connectivity index (χ4v) is 2.23. The van der Waals surface area contributed by atoms with Gasteiger partial charge in [-0.25, -0.2) is 4.98 Å². The van der Waals surface area contributed by atoms with E-state index in [1.165, 1.54) is 12.3 Å². The highest BCUT2D eigenvalue weighted by Crippen LogP contribution is 2.20. The summed E-state index contributed by atoms with van der Waals surface area (Å²) in [7, 11) is 0. The molecule has 1 rings (SSSR count). The summed E-state index contributed by atoms with van der Waals surface area (Å²) in [5.41, 5.74) is 6.40. The molecule has 1 heterocycles. The van der Waals surface area contributed by atoms with Crippen LogP contribution in [0.2, 0.25) is 5.15 Å². The molecule has 0 aromatic carbocycles. The summed E-state index contributed by atoms with van der Waals surface area (Å²) in [6, 6.07) is 1.54. The minimum Gasteiger partial charge on any atom is -0.397 e. The number of nitrogens with two attached hydrogens (primary N) is 1. The van der Waals surface area contributed by atoms with E-state index in [1.54, 1.807) is 4.90 Å². The van der Waals surface area contributed by atoms with Crippen LogP contribution in [-0.2, 0) is 0 Å². The van der Waals surface area contributed by atoms with Gasteiger partial charge in [0.05, 0.1) is 24.1 Å². The first-order chi connectivity index (χ1) is 9.04. The maximum absolute atomic E-state index is 12.5. The molecule has 0 radical (unpaired) electrons. The molecule has 0 spiro atoms. The van der Waals surface area contributed by atoms with Crippen molar-refractivity contribution in [3.8, 4) is 0 Å². The molecule has 0 atom stereocenters. The number of aromatic nitrogens is 1. The number of hydrogen-bond donors (Lipinski definition) is 2. The number of nitrogen functional groups attached to an aromatic ring is 1. The number of carbonyl (C=O) groups is 1. The van der Waals surface area contributed by atoms with Crippen LogP contribution in [0.1, 0.15) is 37.0 Å². The van der Waals surface area contributed by atoms with E-state index in [9.17, 15) is 4.79 Å². The Morgan fingerprint density at radius 2 is 2.16 bits per heavy atom. The Morgan fingerprint density at radius 3 is 2.68 bits per heavy atom. The van der Waals surface area contributed by atoms with Crippen LogP contribution < -0.4 is 5.73 Å². The summed E-state index contributed by atoms with van der Waals surface area (Å²) in [4.78, 5) is 18.0. The number of aliphatic hydroxyl groups is 1. The Balaban J connectivity index is 3.08. The molecule has 1 aromatic heterocycles. The number of halogens is 1. The fraction of sp³-hybridized carbons (Fsp3) is 0.538. The Bertz CT molecular complexity index is 436. The van der Waals surface area contributed by atoms with E-state index in [0.29, 0.717) is 11.3 Å². The van der Waals surface area contributed by atoms with Crippen molar-refractivity contribution in [3.63, 3.8) is 0 Å². The van der Waals surface area contributed by atoms with Crippen molar-refractivity contribution >= 4 is 23.2 Å². The predicted octanol–water partition coefficient (Wildman–Crippen LogP) is 1.94. The average Bonchev–Trinajstić information content (AvgIpc) is 2.41. The van der Waals surface area contributed by atoms with Crippen LogP contribution >= 0.6 is 11.6 Å². The molecular formula is C13H20ClN3O2. The van der Waals surface area contributed by atoms with Crippen molar-refractivity contribution in [1.82, 2.24) is 9.88 Å². The summed E-state index contributed by atoms with van der Waals surface area (Å²) >= 11 is 5.80. The first kappa shape index (κ1) is 15.7. The van der Waals surface area contributed by atoms with E-state index in [1.807, 2.05) is 13.8 Å². The smallest absolute Gasteiger partial charge is 0.256 e. The Morgan fingerprint density at radius 1 is 1.53 bits per heavy atom. The molecule has 0 bridgehead atoms. The minimum absolute atomic E-state index is 0.0750. The van der Waals surface area contributed by atoms with Gasteiger partial charge in [-0.05, 0) is 18.9 Å². The van der Waals surface area contributed by atoms with Crippen molar-refractivity contribution in [2.75, 3.05) is 18.9 Å². The molecule has 0 aliphatic rings. The van der Waals surface area contributed by atoms with Crippen LogP contribution in [0, 0.1) is 0 Å². The van der Waals surface area contributed by atoms with Crippen LogP contribution in [0.4, 0.5) is 5.69 Å². The first-order valence-corrected chi connectivity index (χ1v) is 6.75. The largest absolute Gasteiger partial charge is 0.397 e. The number of aliphatic hydroxyl groups excluding tert-OH is 1. The zero-order valence-electron chi connectivity index (χ0n) is 11.3. The van der Waals surface area contributed by atoms with Crippen LogP contribution in [0.5, 0.6) is 0 Å². The second-order valence-corrected chi connectivity index (χ2v) is 4.67. The monoisotopic (exact) mass is 285 g/mol. The normalized spacial score (nSPS) is 10.8. The number of hydrogen-bond acceptors (Lipinski definition) is 4. The highest BCUT2D eigenvalue weighted by molar-refractivity contribution is 6.29. The molecule has 0 saturated heterocycles. The van der Waals surface area contributed by atoms with E-state index >= 15 is 0 Å². The van der Waals surface area contributed by atoms with E-state index in [0.717, 1.165) is 12.8 Å². The van der Waals surface area contributed by atoms with Crippen LogP contribution in [0.25, 0.3) is 0 Å². The fourth-order valence-electron chi connectivity index (χ4n) is 2.07. The number of carbonyl (C=O) groups excluding carboxylic acids is 1. The van der Waals surface area contributed by atoms with E-state index in [-0.39, 0.29) is 30.3 Å². The van der Waals surface area contributed by atoms with Crippen molar-refractivity contribution in [2.45, 2.75) is 32.7 Å². The third-order valence-electron chi connectivity index (χ3n) is 3.12. The molecule has 1 amide bonds. The average molecular weight is 286 g/mol. The SMILES string of the molecule is CCC(CC)N(CCO)C(=O)c1cc(Cl)ncc1N. The number of amides is 1. The summed E-state index contributed by atoms with van der Waals surface area (Å²) in [6.07, 6.45) is 3.02. The second kappa shape index (κ2) is 7.31. The zero-order chi connectivity index (χ0) is 14.4. The summed E-state index contributed by atoms with van der Waals surface area (Å²) < 4.78 is 0. The van der Waals surface area contributed by atoms with E-state index in [4.69, 9.17) is 22.4 Å². The molecule has 6 heteroatoms. The maximum atomic E-state index is 12.5. The lowest BCUT2D eigenvalue weighted by Gasteiger charge is -2.30. The van der Waals surface area contributed by atoms with E-state index in [2.05, 4.69) is 4.98 Å². The van der Waals surface area contributed by atoms with Gasteiger partial charge in [-0.2, -0.15) is 0 Å². The van der Waals surface area contributed by atoms with Crippen LogP contribution in [0.3, 0.4) is 0 Å². The summed E-state index contributed by atoms with van der Waals surface area (Å²) in [5, 5.41) is 9.36. The number of anilines is 1. The third-order valence-corrected chi connectivity index (χ3v) is 3.32. The number of rotatable bonds is 6. The van der Waals surface area contributed by atoms with Gasteiger partial charge in [0, 0.05) is 12.6 Å². The Labute approximate surface area is 118 Å². The first-order valence-electron chi connectivity index (χ1n) is 6.37. The van der Waals surface area contributed by atoms with Crippen molar-refractivity contribution in [3.05, 3.63) is 23.0 Å². The zero-order valence-corrected chi connectivity index (χ0v) is 12.0. The predicted molar refractivity (Wildman–Crippen MR) is 76.2 cm³/mol. The highest BCUT2D eigenvalue weighted by Gasteiger charge is 2.23. The Hall–Kier alpha value is -1.33. The number of nitrogens with zero attached hydrogens (tertiary/aromatic N) is 2. The van der Waals surface area contributed by atoms with Crippen molar-refractivity contribution in [1.29, 1.82) is 0 Å². The van der Waals surface area contributed by atoms with Crippen molar-refractivity contribution < 1.29 is 9.90 Å². The lowest BCUT2D eigenvalue weighted by molar-refractivity contribution is 0.0623. The molecule has 0 aliphatic carbocycles. The molecular weight excluding hydrogens is 266 g/mol. The van der Waals surface area contributed by atoms with Crippen LogP contribution in [0.15, 0.2) is 12.3 Å². The maximum Gasteiger partial charge on any atom is 0.256 e. The molecule has 1 aromatic rings. The van der Waals surface area contributed by atoms with Gasteiger partial charge >= 0.3 is 0 Å². The van der Waals surface area contributed by atoms with Gasteiger partial charge in [0.1, 0.15) is 5.15 Å². The molecule has 5 nitrogen and oxygen atoms in total. The molecule has 0 unspecified atom stereocenters. The molecule has 0 aliphatic heterocycles. The topological polar surface area (TPSA) is 79.5 Å². The molecule has 3 N–H and O–H groups in total. The van der Waals surface area contributed by atoms with Gasteiger partial charge in [-0.1, -0.05) is 25.4 Å². The molecule has 0 saturated carbocycles. The lowest BCUT2D eigenvalue weighted by atomic mass is 10.1. The van der Waals surface area contributed by atoms with Gasteiger partial charge < -0.3 is 15.7 Å². The van der Waals surface area contributed by atoms with Crippen molar-refractivity contribution in [2.24, 2.45) is 0 Å². The second-order valence-electron chi connectivity index (χ2n) is 4.29. The van der Waals surface area contributed by atoms with Gasteiger partial charge in [0.2, 0.25) is 0 Å². The van der Waals surface area contributed by atoms with Crippen LogP contribution in [-0.4, -0.2) is 40.1 Å². The molecule has 19 heavy (non-hydrogen) atoms. The summed E-state index contributed by atoms with van der Waals surface area (Å²) in [5.74, 6) is -0.218. The van der Waals surface area contributed by atoms with Gasteiger partial charge in [0.25, 0.3) is 5.91 Å². The number of pyridine rings is 1. The molecule has 106 valence electrons. The molecule has 0 fully saturated rings. The Kier molecular flexibility index (Phi) is 6.05. The van der Waals surface area contributed by atoms with E-state index < -0.39 is 0 Å². The van der Waals surface area contributed by atoms with Gasteiger partial charge in [0.15, 0.2) is 0 Å². The summed E-state index contributed by atoms with van der Waals surface area (Å²) in [6.45, 7) is 4.22. The minimum atomic E-state index is -0.218. The third kappa shape index (κ3) is 3.81. The van der Waals surface area contributed by atoms with Gasteiger partial charge in [-0.15, -0.1) is 0 Å². The lowest BCUT2D eigenvalue weighted by Crippen LogP contribution is -2.41. The standard InChI is InChI=1S/C13H20ClN3O2/c1-3-9(4-2)17(5-6-18)13(19)10-7-12(14)16-8-11(10)15/h7-9,18H,3-6,15H2,1-2H3.